The second-order valence-electron chi connectivity index (χ2n) is 5.29. The van der Waals surface area contributed by atoms with Crippen LogP contribution in [0.2, 0.25) is 0 Å². The molecule has 0 bridgehead atoms. The predicted octanol–water partition coefficient (Wildman–Crippen LogP) is 4.30. The molecule has 0 amide bonds. The Morgan fingerprint density at radius 1 is 0.944 bits per heavy atom. The molecular formula is C17H18O. The summed E-state index contributed by atoms with van der Waals surface area (Å²) in [6.07, 6.45) is 4.96. The Labute approximate surface area is 108 Å². The number of hydrogen-bond acceptors (Lipinski definition) is 1. The van der Waals surface area contributed by atoms with E-state index in [2.05, 4.69) is 31.2 Å². The number of ketones is 1. The van der Waals surface area contributed by atoms with Gasteiger partial charge in [0.1, 0.15) is 0 Å². The zero-order valence-corrected chi connectivity index (χ0v) is 10.8. The highest BCUT2D eigenvalue weighted by atomic mass is 16.1. The molecule has 0 spiro atoms. The summed E-state index contributed by atoms with van der Waals surface area (Å²) in [5, 5.41) is 0. The van der Waals surface area contributed by atoms with Crippen molar-refractivity contribution in [3.63, 3.8) is 0 Å². The lowest BCUT2D eigenvalue weighted by Crippen LogP contribution is -2.01. The normalized spacial score (nSPS) is 20.2. The van der Waals surface area contributed by atoms with Crippen LogP contribution in [0.15, 0.2) is 47.1 Å². The van der Waals surface area contributed by atoms with Crippen molar-refractivity contribution in [2.75, 3.05) is 0 Å². The molecular weight excluding hydrogens is 220 g/mol. The smallest absolute Gasteiger partial charge is 0.163 e. The van der Waals surface area contributed by atoms with Gasteiger partial charge in [-0.25, -0.2) is 0 Å². The second-order valence-corrected chi connectivity index (χ2v) is 5.29. The monoisotopic (exact) mass is 238 g/mol. The molecule has 1 aromatic carbocycles. The number of carbonyl (C=O) groups is 1. The Kier molecular flexibility index (Phi) is 2.91. The molecule has 1 aromatic rings. The first-order chi connectivity index (χ1) is 8.77. The van der Waals surface area contributed by atoms with Gasteiger partial charge in [-0.05, 0) is 49.3 Å². The molecule has 0 aliphatic heterocycles. The van der Waals surface area contributed by atoms with Gasteiger partial charge in [-0.1, -0.05) is 35.9 Å². The Bertz CT molecular complexity index is 546. The van der Waals surface area contributed by atoms with E-state index in [4.69, 9.17) is 0 Å². The fourth-order valence-corrected chi connectivity index (χ4v) is 3.18. The van der Waals surface area contributed by atoms with Gasteiger partial charge in [-0.15, -0.1) is 0 Å². The van der Waals surface area contributed by atoms with Crippen molar-refractivity contribution < 1.29 is 4.79 Å². The van der Waals surface area contributed by atoms with Gasteiger partial charge in [0.05, 0.1) is 0 Å². The summed E-state index contributed by atoms with van der Waals surface area (Å²) in [6, 6.07) is 10.5. The molecule has 0 radical (unpaired) electrons. The number of fused-ring (bicyclic) bond motifs is 1. The van der Waals surface area contributed by atoms with E-state index in [0.29, 0.717) is 5.78 Å². The number of hydrogen-bond donors (Lipinski definition) is 0. The summed E-state index contributed by atoms with van der Waals surface area (Å²) in [4.78, 5) is 12.2. The van der Waals surface area contributed by atoms with Gasteiger partial charge in [-0.2, -0.15) is 0 Å². The highest BCUT2D eigenvalue weighted by Crippen LogP contribution is 2.42. The van der Waals surface area contributed by atoms with Gasteiger partial charge < -0.3 is 0 Å². The minimum Gasteiger partial charge on any atom is -0.294 e. The molecule has 1 nitrogen and oxygen atoms in total. The van der Waals surface area contributed by atoms with Gasteiger partial charge in [0.2, 0.25) is 0 Å². The maximum absolute atomic E-state index is 12.2. The Hall–Kier alpha value is -1.63. The van der Waals surface area contributed by atoms with Crippen LogP contribution in [0.4, 0.5) is 0 Å². The minimum absolute atomic E-state index is 0.367. The van der Waals surface area contributed by atoms with E-state index in [1.807, 2.05) is 6.07 Å². The number of benzene rings is 1. The van der Waals surface area contributed by atoms with Crippen molar-refractivity contribution in [1.29, 1.82) is 0 Å². The number of rotatable bonds is 1. The van der Waals surface area contributed by atoms with E-state index in [-0.39, 0.29) is 0 Å². The van der Waals surface area contributed by atoms with Crippen LogP contribution in [0.25, 0.3) is 5.57 Å². The molecule has 0 saturated heterocycles. The number of Topliss-reactive ketones (excluding diaryl/α,β-unsaturated/α-hetero) is 1. The highest BCUT2D eigenvalue weighted by Gasteiger charge is 2.28. The summed E-state index contributed by atoms with van der Waals surface area (Å²) >= 11 is 0. The molecule has 0 heterocycles. The third-order valence-corrected chi connectivity index (χ3v) is 4.02. The molecule has 92 valence electrons. The zero-order valence-electron chi connectivity index (χ0n) is 10.8. The minimum atomic E-state index is 0.367. The molecule has 1 heteroatoms. The van der Waals surface area contributed by atoms with Crippen LogP contribution in [0.3, 0.4) is 0 Å². The largest absolute Gasteiger partial charge is 0.294 e. The Balaban J connectivity index is 2.10. The third kappa shape index (κ3) is 1.84. The summed E-state index contributed by atoms with van der Waals surface area (Å²) in [5.41, 5.74) is 6.35. The summed E-state index contributed by atoms with van der Waals surface area (Å²) < 4.78 is 0. The number of allylic oxidation sites excluding steroid dienone is 4. The van der Waals surface area contributed by atoms with Crippen LogP contribution in [0.1, 0.15) is 44.6 Å². The lowest BCUT2D eigenvalue weighted by molar-refractivity contribution is -0.115. The van der Waals surface area contributed by atoms with Crippen LogP contribution in [0.5, 0.6) is 0 Å². The van der Waals surface area contributed by atoms with E-state index in [1.54, 1.807) is 0 Å². The molecule has 0 atom stereocenters. The van der Waals surface area contributed by atoms with Gasteiger partial charge in [0.25, 0.3) is 0 Å². The van der Waals surface area contributed by atoms with Crippen LogP contribution in [-0.4, -0.2) is 5.78 Å². The molecule has 0 unspecified atom stereocenters. The predicted molar refractivity (Wildman–Crippen MR) is 74.2 cm³/mol. The summed E-state index contributed by atoms with van der Waals surface area (Å²) in [7, 11) is 0. The Morgan fingerprint density at radius 3 is 2.44 bits per heavy atom. The van der Waals surface area contributed by atoms with E-state index in [1.165, 1.54) is 22.3 Å². The van der Waals surface area contributed by atoms with Gasteiger partial charge in [-0.3, -0.25) is 4.79 Å². The van der Waals surface area contributed by atoms with Crippen molar-refractivity contribution in [1.82, 2.24) is 0 Å². The molecule has 1 fully saturated rings. The average molecular weight is 238 g/mol. The first kappa shape index (κ1) is 11.5. The lowest BCUT2D eigenvalue weighted by Gasteiger charge is -2.08. The SMILES string of the molecule is CC1=C2C(=O)CCCCC2=C(c2ccccc2)C1. The van der Waals surface area contributed by atoms with Gasteiger partial charge >= 0.3 is 0 Å². The van der Waals surface area contributed by atoms with E-state index in [9.17, 15) is 4.79 Å². The second kappa shape index (κ2) is 4.56. The van der Waals surface area contributed by atoms with Crippen molar-refractivity contribution >= 4 is 11.4 Å². The Morgan fingerprint density at radius 2 is 1.67 bits per heavy atom. The molecule has 2 aliphatic carbocycles. The first-order valence-electron chi connectivity index (χ1n) is 6.78. The maximum Gasteiger partial charge on any atom is 0.163 e. The van der Waals surface area contributed by atoms with E-state index in [0.717, 1.165) is 37.7 Å². The quantitative estimate of drug-likeness (QED) is 0.712. The fourth-order valence-electron chi connectivity index (χ4n) is 3.18. The molecule has 2 aliphatic rings. The standard InChI is InChI=1S/C17H18O/c1-12-11-15(13-7-3-2-4-8-13)14-9-5-6-10-16(18)17(12)14/h2-4,7-8H,5-6,9-11H2,1H3. The topological polar surface area (TPSA) is 17.1 Å². The van der Waals surface area contributed by atoms with Crippen molar-refractivity contribution in [2.45, 2.75) is 39.0 Å². The first-order valence-corrected chi connectivity index (χ1v) is 6.78. The molecule has 1 saturated carbocycles. The van der Waals surface area contributed by atoms with Crippen molar-refractivity contribution in [3.8, 4) is 0 Å². The lowest BCUT2D eigenvalue weighted by atomic mass is 9.96. The van der Waals surface area contributed by atoms with Crippen LogP contribution in [0, 0.1) is 0 Å². The molecule has 0 N–H and O–H groups in total. The van der Waals surface area contributed by atoms with Crippen LogP contribution in [-0.2, 0) is 4.79 Å². The van der Waals surface area contributed by atoms with Gasteiger partial charge in [0.15, 0.2) is 5.78 Å². The van der Waals surface area contributed by atoms with Crippen LogP contribution >= 0.6 is 0 Å². The molecule has 0 aromatic heterocycles. The fraction of sp³-hybridized carbons (Fsp3) is 0.353. The number of carbonyl (C=O) groups excluding carboxylic acids is 1. The zero-order chi connectivity index (χ0) is 12.5. The van der Waals surface area contributed by atoms with Crippen molar-refractivity contribution in [2.24, 2.45) is 0 Å². The van der Waals surface area contributed by atoms with E-state index < -0.39 is 0 Å². The van der Waals surface area contributed by atoms with E-state index >= 15 is 0 Å². The maximum atomic E-state index is 12.2. The average Bonchev–Trinajstić information content (AvgIpc) is 2.59. The van der Waals surface area contributed by atoms with Crippen LogP contribution < -0.4 is 0 Å². The van der Waals surface area contributed by atoms with Gasteiger partial charge in [0, 0.05) is 12.0 Å². The highest BCUT2D eigenvalue weighted by molar-refractivity contribution is 6.05. The third-order valence-electron chi connectivity index (χ3n) is 4.02. The molecule has 3 rings (SSSR count). The summed E-state index contributed by atoms with van der Waals surface area (Å²) in [6.45, 7) is 2.12. The summed E-state index contributed by atoms with van der Waals surface area (Å²) in [5.74, 6) is 0.367. The molecule has 18 heavy (non-hydrogen) atoms. The van der Waals surface area contributed by atoms with Crippen molar-refractivity contribution in [3.05, 3.63) is 52.6 Å².